The first kappa shape index (κ1) is 17.0. The summed E-state index contributed by atoms with van der Waals surface area (Å²) in [5.74, 6) is 2.21. The molecule has 2 saturated heterocycles. The molecule has 3 fully saturated rings. The lowest BCUT2D eigenvalue weighted by Crippen LogP contribution is -2.51. The molecule has 1 amide bonds. The van der Waals surface area contributed by atoms with Crippen LogP contribution in [-0.2, 0) is 4.79 Å². The van der Waals surface area contributed by atoms with Gasteiger partial charge in [0.05, 0.1) is 10.9 Å². The highest BCUT2D eigenvalue weighted by Gasteiger charge is 2.49. The molecule has 0 bridgehead atoms. The summed E-state index contributed by atoms with van der Waals surface area (Å²) in [7, 11) is 0. The number of anilines is 1. The fraction of sp³-hybridized carbons (Fsp3) is 0.565. The molecule has 1 atom stereocenters. The van der Waals surface area contributed by atoms with Crippen molar-refractivity contribution in [2.24, 2.45) is 11.3 Å². The first-order chi connectivity index (χ1) is 13.1. The Morgan fingerprint density at radius 1 is 1.15 bits per heavy atom. The lowest BCUT2D eigenvalue weighted by atomic mass is 9.77. The Kier molecular flexibility index (Phi) is 4.10. The molecule has 1 aromatic heterocycles. The highest BCUT2D eigenvalue weighted by atomic mass is 16.2. The number of aryl methyl sites for hydroxylation is 1. The number of hydrogen-bond donors (Lipinski definition) is 0. The van der Waals surface area contributed by atoms with E-state index in [9.17, 15) is 4.79 Å². The van der Waals surface area contributed by atoms with Crippen molar-refractivity contribution in [3.63, 3.8) is 0 Å². The quantitative estimate of drug-likeness (QED) is 0.821. The van der Waals surface area contributed by atoms with Crippen LogP contribution < -0.4 is 4.90 Å². The summed E-state index contributed by atoms with van der Waals surface area (Å²) in [5, 5.41) is 1.22. The molecule has 1 aliphatic carbocycles. The summed E-state index contributed by atoms with van der Waals surface area (Å²) in [4.78, 5) is 22.8. The van der Waals surface area contributed by atoms with Gasteiger partial charge in [0.25, 0.3) is 0 Å². The van der Waals surface area contributed by atoms with Crippen molar-refractivity contribution in [2.75, 3.05) is 31.1 Å². The average molecular weight is 364 g/mol. The molecule has 142 valence electrons. The van der Waals surface area contributed by atoms with Crippen molar-refractivity contribution in [1.29, 1.82) is 0 Å². The van der Waals surface area contributed by atoms with Gasteiger partial charge in [-0.05, 0) is 62.6 Å². The maximum atomic E-state index is 13.4. The van der Waals surface area contributed by atoms with E-state index in [1.807, 2.05) is 6.07 Å². The molecule has 4 nitrogen and oxygen atoms in total. The van der Waals surface area contributed by atoms with E-state index in [1.54, 1.807) is 0 Å². The van der Waals surface area contributed by atoms with Gasteiger partial charge in [-0.3, -0.25) is 4.79 Å². The molecule has 0 N–H and O–H groups in total. The molecule has 1 saturated carbocycles. The van der Waals surface area contributed by atoms with Crippen LogP contribution in [0.25, 0.3) is 10.9 Å². The van der Waals surface area contributed by atoms with Crippen LogP contribution >= 0.6 is 0 Å². The van der Waals surface area contributed by atoms with Gasteiger partial charge in [-0.2, -0.15) is 0 Å². The van der Waals surface area contributed by atoms with Crippen LogP contribution in [0.15, 0.2) is 30.3 Å². The third kappa shape index (κ3) is 2.90. The van der Waals surface area contributed by atoms with Crippen LogP contribution in [0.1, 0.15) is 44.1 Å². The van der Waals surface area contributed by atoms with E-state index in [4.69, 9.17) is 4.98 Å². The van der Waals surface area contributed by atoms with Crippen LogP contribution in [-0.4, -0.2) is 42.0 Å². The smallest absolute Gasteiger partial charge is 0.230 e. The second-order valence-corrected chi connectivity index (χ2v) is 8.92. The number of likely N-dealkylation sites (tertiary alicyclic amines) is 1. The van der Waals surface area contributed by atoms with Gasteiger partial charge < -0.3 is 9.80 Å². The first-order valence-electron chi connectivity index (χ1n) is 10.6. The third-order valence-corrected chi connectivity index (χ3v) is 7.11. The Labute approximate surface area is 161 Å². The number of pyridine rings is 1. The molecule has 3 aliphatic rings. The normalized spacial score (nSPS) is 26.2. The summed E-state index contributed by atoms with van der Waals surface area (Å²) >= 11 is 0. The standard InChI is InChI=1S/C23H29N3O/c1-17-14-21(24-20-9-3-2-8-19(17)20)26-13-11-23(16-26)10-5-12-25(22(23)27)15-18-6-4-7-18/h2-3,8-9,14,18H,4-7,10-13,15-16H2,1H3/t23-/m0/s1. The van der Waals surface area contributed by atoms with Crippen molar-refractivity contribution in [1.82, 2.24) is 9.88 Å². The monoisotopic (exact) mass is 363 g/mol. The van der Waals surface area contributed by atoms with Crippen molar-refractivity contribution in [2.45, 2.75) is 45.4 Å². The Morgan fingerprint density at radius 3 is 2.81 bits per heavy atom. The predicted molar refractivity (Wildman–Crippen MR) is 109 cm³/mol. The van der Waals surface area contributed by atoms with Gasteiger partial charge in [0.15, 0.2) is 0 Å². The number of aromatic nitrogens is 1. The SMILES string of the molecule is Cc1cc(N2CC[C@@]3(CCCN(CC4CCC4)C3=O)C2)nc2ccccc12. The van der Waals surface area contributed by atoms with E-state index in [1.165, 1.54) is 30.2 Å². The minimum absolute atomic E-state index is 0.177. The molecule has 27 heavy (non-hydrogen) atoms. The highest BCUT2D eigenvalue weighted by Crippen LogP contribution is 2.42. The second-order valence-electron chi connectivity index (χ2n) is 8.92. The first-order valence-corrected chi connectivity index (χ1v) is 10.6. The number of amides is 1. The zero-order valence-electron chi connectivity index (χ0n) is 16.3. The topological polar surface area (TPSA) is 36.4 Å². The maximum absolute atomic E-state index is 13.4. The number of piperidine rings is 1. The van der Waals surface area contributed by atoms with E-state index in [2.05, 4.69) is 41.0 Å². The Bertz CT molecular complexity index is 875. The highest BCUT2D eigenvalue weighted by molar-refractivity contribution is 5.86. The molecule has 0 unspecified atom stereocenters. The van der Waals surface area contributed by atoms with Gasteiger partial charge >= 0.3 is 0 Å². The van der Waals surface area contributed by atoms with Crippen LogP contribution in [0.2, 0.25) is 0 Å². The Morgan fingerprint density at radius 2 is 2.00 bits per heavy atom. The van der Waals surface area contributed by atoms with E-state index in [0.29, 0.717) is 5.91 Å². The molecule has 5 rings (SSSR count). The summed E-state index contributed by atoms with van der Waals surface area (Å²) < 4.78 is 0. The number of fused-ring (bicyclic) bond motifs is 1. The lowest BCUT2D eigenvalue weighted by molar-refractivity contribution is -0.146. The molecule has 2 aliphatic heterocycles. The molecular formula is C23H29N3O. The van der Waals surface area contributed by atoms with Crippen molar-refractivity contribution in [3.05, 3.63) is 35.9 Å². The number of carbonyl (C=O) groups excluding carboxylic acids is 1. The van der Waals surface area contributed by atoms with E-state index in [0.717, 1.165) is 62.7 Å². The molecular weight excluding hydrogens is 334 g/mol. The summed E-state index contributed by atoms with van der Waals surface area (Å²) in [6, 6.07) is 10.5. The summed E-state index contributed by atoms with van der Waals surface area (Å²) in [6.07, 6.45) is 7.12. The van der Waals surface area contributed by atoms with Crippen LogP contribution in [0, 0.1) is 18.3 Å². The zero-order chi connectivity index (χ0) is 18.4. The number of benzene rings is 1. The van der Waals surface area contributed by atoms with E-state index < -0.39 is 0 Å². The van der Waals surface area contributed by atoms with E-state index in [-0.39, 0.29) is 5.41 Å². The van der Waals surface area contributed by atoms with Gasteiger partial charge in [0, 0.05) is 31.6 Å². The minimum atomic E-state index is -0.177. The third-order valence-electron chi connectivity index (χ3n) is 7.11. The molecule has 1 aromatic carbocycles. The van der Waals surface area contributed by atoms with Crippen LogP contribution in [0.4, 0.5) is 5.82 Å². The van der Waals surface area contributed by atoms with Crippen molar-refractivity contribution < 1.29 is 4.79 Å². The fourth-order valence-electron chi connectivity index (χ4n) is 5.25. The van der Waals surface area contributed by atoms with Gasteiger partial charge in [0.2, 0.25) is 5.91 Å². The fourth-order valence-corrected chi connectivity index (χ4v) is 5.25. The van der Waals surface area contributed by atoms with Gasteiger partial charge in [0.1, 0.15) is 5.82 Å². The van der Waals surface area contributed by atoms with Gasteiger partial charge in [-0.15, -0.1) is 0 Å². The van der Waals surface area contributed by atoms with Crippen LogP contribution in [0.3, 0.4) is 0 Å². The molecule has 1 spiro atoms. The Hall–Kier alpha value is -2.10. The van der Waals surface area contributed by atoms with Gasteiger partial charge in [-0.25, -0.2) is 4.98 Å². The number of para-hydroxylation sites is 1. The van der Waals surface area contributed by atoms with E-state index >= 15 is 0 Å². The van der Waals surface area contributed by atoms with Crippen molar-refractivity contribution >= 4 is 22.6 Å². The number of nitrogens with zero attached hydrogens (tertiary/aromatic N) is 3. The molecule has 2 aromatic rings. The molecule has 3 heterocycles. The summed E-state index contributed by atoms with van der Waals surface area (Å²) in [5.41, 5.74) is 2.14. The minimum Gasteiger partial charge on any atom is -0.355 e. The maximum Gasteiger partial charge on any atom is 0.230 e. The second kappa shape index (κ2) is 6.50. The predicted octanol–water partition coefficient (Wildman–Crippen LogP) is 4.16. The molecule has 4 heteroatoms. The van der Waals surface area contributed by atoms with Crippen molar-refractivity contribution in [3.8, 4) is 0 Å². The molecule has 0 radical (unpaired) electrons. The largest absolute Gasteiger partial charge is 0.355 e. The number of rotatable bonds is 3. The number of hydrogen-bond acceptors (Lipinski definition) is 3. The average Bonchev–Trinajstić information content (AvgIpc) is 3.07. The zero-order valence-corrected chi connectivity index (χ0v) is 16.3. The van der Waals surface area contributed by atoms with Gasteiger partial charge in [-0.1, -0.05) is 24.6 Å². The Balaban J connectivity index is 1.38. The lowest BCUT2D eigenvalue weighted by Gasteiger charge is -2.42. The van der Waals surface area contributed by atoms with Crippen LogP contribution in [0.5, 0.6) is 0 Å². The summed E-state index contributed by atoms with van der Waals surface area (Å²) in [6.45, 7) is 5.88. The number of carbonyl (C=O) groups is 1.